The predicted octanol–water partition coefficient (Wildman–Crippen LogP) is 3.54. The molecule has 1 fully saturated rings. The van der Waals surface area contributed by atoms with Crippen molar-refractivity contribution < 1.29 is 9.84 Å². The van der Waals surface area contributed by atoms with Gasteiger partial charge in [0.1, 0.15) is 5.75 Å². The standard InChI is InChI=1S/C19H23NO2/c1-22-17-11-9-15(10-12-17)14-5-7-16(8-6-14)19(21)18-4-2-3-13-20-18/h5-12,18-21H,2-4,13H2,1H3. The van der Waals surface area contributed by atoms with Crippen LogP contribution in [0.2, 0.25) is 0 Å². The fourth-order valence-corrected chi connectivity index (χ4v) is 3.04. The van der Waals surface area contributed by atoms with E-state index in [0.717, 1.165) is 35.4 Å². The predicted molar refractivity (Wildman–Crippen MR) is 89.0 cm³/mol. The highest BCUT2D eigenvalue weighted by atomic mass is 16.5. The van der Waals surface area contributed by atoms with Crippen LogP contribution in [0, 0.1) is 0 Å². The summed E-state index contributed by atoms with van der Waals surface area (Å²) < 4.78 is 5.18. The largest absolute Gasteiger partial charge is 0.497 e. The molecule has 1 aliphatic rings. The van der Waals surface area contributed by atoms with E-state index in [-0.39, 0.29) is 6.04 Å². The highest BCUT2D eigenvalue weighted by Crippen LogP contribution is 2.27. The molecule has 0 saturated carbocycles. The summed E-state index contributed by atoms with van der Waals surface area (Å²) in [7, 11) is 1.67. The summed E-state index contributed by atoms with van der Waals surface area (Å²) >= 11 is 0. The number of methoxy groups -OCH3 is 1. The molecule has 2 atom stereocenters. The third-order valence-electron chi connectivity index (χ3n) is 4.41. The zero-order valence-corrected chi connectivity index (χ0v) is 13.0. The summed E-state index contributed by atoms with van der Waals surface area (Å²) in [5.74, 6) is 0.860. The van der Waals surface area contributed by atoms with Gasteiger partial charge in [-0.15, -0.1) is 0 Å². The van der Waals surface area contributed by atoms with E-state index in [4.69, 9.17) is 4.74 Å². The van der Waals surface area contributed by atoms with Gasteiger partial charge in [0.2, 0.25) is 0 Å². The van der Waals surface area contributed by atoms with Crippen molar-refractivity contribution in [2.24, 2.45) is 0 Å². The first-order valence-electron chi connectivity index (χ1n) is 7.94. The molecule has 3 heteroatoms. The first-order chi connectivity index (χ1) is 10.8. The number of piperidine rings is 1. The summed E-state index contributed by atoms with van der Waals surface area (Å²) in [6, 6.07) is 16.4. The number of hydrogen-bond donors (Lipinski definition) is 2. The van der Waals surface area contributed by atoms with Gasteiger partial charge in [-0.3, -0.25) is 0 Å². The van der Waals surface area contributed by atoms with Crippen molar-refractivity contribution in [3.63, 3.8) is 0 Å². The molecule has 0 radical (unpaired) electrons. The Morgan fingerprint density at radius 2 is 1.64 bits per heavy atom. The molecular weight excluding hydrogens is 274 g/mol. The Hall–Kier alpha value is -1.84. The summed E-state index contributed by atoms with van der Waals surface area (Å²) in [6.07, 6.45) is 3.02. The van der Waals surface area contributed by atoms with Crippen LogP contribution in [0.5, 0.6) is 5.75 Å². The van der Waals surface area contributed by atoms with Gasteiger partial charge in [-0.1, -0.05) is 42.8 Å². The third-order valence-corrected chi connectivity index (χ3v) is 4.41. The lowest BCUT2D eigenvalue weighted by molar-refractivity contribution is 0.114. The number of aliphatic hydroxyl groups excluding tert-OH is 1. The molecule has 0 bridgehead atoms. The molecule has 2 unspecified atom stereocenters. The van der Waals surface area contributed by atoms with Gasteiger partial charge < -0.3 is 15.2 Å². The van der Waals surface area contributed by atoms with Crippen molar-refractivity contribution in [3.05, 3.63) is 54.1 Å². The number of aliphatic hydroxyl groups is 1. The van der Waals surface area contributed by atoms with Gasteiger partial charge in [-0.25, -0.2) is 0 Å². The van der Waals surface area contributed by atoms with Crippen LogP contribution < -0.4 is 10.1 Å². The average Bonchev–Trinajstić information content (AvgIpc) is 2.62. The summed E-state index contributed by atoms with van der Waals surface area (Å²) in [5.41, 5.74) is 3.28. The summed E-state index contributed by atoms with van der Waals surface area (Å²) in [6.45, 7) is 1.01. The van der Waals surface area contributed by atoms with Crippen LogP contribution in [0.3, 0.4) is 0 Å². The molecule has 0 spiro atoms. The van der Waals surface area contributed by atoms with Crippen molar-refractivity contribution >= 4 is 0 Å². The van der Waals surface area contributed by atoms with Gasteiger partial charge in [-0.2, -0.15) is 0 Å². The Balaban J connectivity index is 1.73. The number of rotatable bonds is 4. The maximum absolute atomic E-state index is 10.5. The van der Waals surface area contributed by atoms with Crippen LogP contribution in [-0.4, -0.2) is 24.8 Å². The van der Waals surface area contributed by atoms with E-state index in [2.05, 4.69) is 17.4 Å². The van der Waals surface area contributed by atoms with Gasteiger partial charge in [0.25, 0.3) is 0 Å². The van der Waals surface area contributed by atoms with Gasteiger partial charge in [0.15, 0.2) is 0 Å². The van der Waals surface area contributed by atoms with E-state index in [1.165, 1.54) is 12.8 Å². The maximum atomic E-state index is 10.5. The molecule has 1 saturated heterocycles. The Morgan fingerprint density at radius 1 is 1.00 bits per heavy atom. The van der Waals surface area contributed by atoms with Crippen LogP contribution in [0.25, 0.3) is 11.1 Å². The molecule has 3 nitrogen and oxygen atoms in total. The highest BCUT2D eigenvalue weighted by Gasteiger charge is 2.22. The van der Waals surface area contributed by atoms with Crippen LogP contribution >= 0.6 is 0 Å². The third kappa shape index (κ3) is 3.32. The van der Waals surface area contributed by atoms with Crippen molar-refractivity contribution in [2.75, 3.05) is 13.7 Å². The SMILES string of the molecule is COc1ccc(-c2ccc(C(O)C3CCCCN3)cc2)cc1. The fraction of sp³-hybridized carbons (Fsp3) is 0.368. The molecule has 116 valence electrons. The highest BCUT2D eigenvalue weighted by molar-refractivity contribution is 5.64. The van der Waals surface area contributed by atoms with E-state index < -0.39 is 6.10 Å². The molecule has 2 aromatic carbocycles. The van der Waals surface area contributed by atoms with Crippen molar-refractivity contribution in [1.29, 1.82) is 0 Å². The van der Waals surface area contributed by atoms with Crippen LogP contribution in [-0.2, 0) is 0 Å². The van der Waals surface area contributed by atoms with E-state index in [1.807, 2.05) is 36.4 Å². The van der Waals surface area contributed by atoms with Crippen LogP contribution in [0.4, 0.5) is 0 Å². The molecule has 3 rings (SSSR count). The molecule has 2 aromatic rings. The minimum Gasteiger partial charge on any atom is -0.497 e. The molecule has 0 aromatic heterocycles. The second kappa shape index (κ2) is 6.95. The van der Waals surface area contributed by atoms with E-state index in [1.54, 1.807) is 7.11 Å². The molecule has 2 N–H and O–H groups in total. The summed E-state index contributed by atoms with van der Waals surface area (Å²) in [4.78, 5) is 0. The number of nitrogens with one attached hydrogen (secondary N) is 1. The minimum atomic E-state index is -0.426. The molecular formula is C19H23NO2. The number of benzene rings is 2. The van der Waals surface area contributed by atoms with Crippen molar-refractivity contribution in [3.8, 4) is 16.9 Å². The lowest BCUT2D eigenvalue weighted by Crippen LogP contribution is -2.38. The fourth-order valence-electron chi connectivity index (χ4n) is 3.04. The Morgan fingerprint density at radius 3 is 2.18 bits per heavy atom. The maximum Gasteiger partial charge on any atom is 0.118 e. The summed E-state index contributed by atoms with van der Waals surface area (Å²) in [5, 5.41) is 13.9. The van der Waals surface area contributed by atoms with E-state index in [0.29, 0.717) is 0 Å². The Labute approximate surface area is 131 Å². The normalized spacial score (nSPS) is 19.6. The van der Waals surface area contributed by atoms with Crippen molar-refractivity contribution in [2.45, 2.75) is 31.4 Å². The van der Waals surface area contributed by atoms with Gasteiger partial charge in [-0.05, 0) is 48.2 Å². The van der Waals surface area contributed by atoms with E-state index in [9.17, 15) is 5.11 Å². The zero-order valence-electron chi connectivity index (χ0n) is 13.0. The van der Waals surface area contributed by atoms with Crippen molar-refractivity contribution in [1.82, 2.24) is 5.32 Å². The minimum absolute atomic E-state index is 0.181. The first kappa shape index (κ1) is 15.1. The molecule has 1 heterocycles. The lowest BCUT2D eigenvalue weighted by atomic mass is 9.93. The van der Waals surface area contributed by atoms with Gasteiger partial charge in [0, 0.05) is 6.04 Å². The first-order valence-corrected chi connectivity index (χ1v) is 7.94. The smallest absolute Gasteiger partial charge is 0.118 e. The second-order valence-electron chi connectivity index (χ2n) is 5.85. The van der Waals surface area contributed by atoms with Crippen LogP contribution in [0.15, 0.2) is 48.5 Å². The van der Waals surface area contributed by atoms with E-state index >= 15 is 0 Å². The lowest BCUT2D eigenvalue weighted by Gasteiger charge is -2.28. The number of ether oxygens (including phenoxy) is 1. The quantitative estimate of drug-likeness (QED) is 0.907. The topological polar surface area (TPSA) is 41.5 Å². The average molecular weight is 297 g/mol. The molecule has 0 amide bonds. The molecule has 22 heavy (non-hydrogen) atoms. The Kier molecular flexibility index (Phi) is 4.76. The zero-order chi connectivity index (χ0) is 15.4. The molecule has 0 aliphatic carbocycles. The molecule has 1 aliphatic heterocycles. The second-order valence-corrected chi connectivity index (χ2v) is 5.85. The van der Waals surface area contributed by atoms with Gasteiger partial charge >= 0.3 is 0 Å². The van der Waals surface area contributed by atoms with Crippen LogP contribution in [0.1, 0.15) is 30.9 Å². The number of hydrogen-bond acceptors (Lipinski definition) is 3. The Bertz CT molecular complexity index is 586. The monoisotopic (exact) mass is 297 g/mol. The van der Waals surface area contributed by atoms with Gasteiger partial charge in [0.05, 0.1) is 13.2 Å².